The van der Waals surface area contributed by atoms with Crippen LogP contribution in [0.15, 0.2) is 53.1 Å². The monoisotopic (exact) mass is 297 g/mol. The molecule has 0 bridgehead atoms. The molecule has 0 aliphatic rings. The number of benzene rings is 1. The van der Waals surface area contributed by atoms with Crippen LogP contribution >= 0.6 is 0 Å². The van der Waals surface area contributed by atoms with Gasteiger partial charge in [0.15, 0.2) is 0 Å². The van der Waals surface area contributed by atoms with E-state index in [9.17, 15) is 4.39 Å². The Hall–Kier alpha value is -2.69. The molecule has 0 unspecified atom stereocenters. The maximum atomic E-state index is 13.0. The molecule has 0 saturated carbocycles. The van der Waals surface area contributed by atoms with Crippen molar-refractivity contribution in [3.8, 4) is 11.5 Å². The van der Waals surface area contributed by atoms with Gasteiger partial charge in [0, 0.05) is 18.5 Å². The van der Waals surface area contributed by atoms with Crippen molar-refractivity contribution in [3.63, 3.8) is 0 Å². The Labute approximate surface area is 128 Å². The van der Waals surface area contributed by atoms with E-state index in [0.717, 1.165) is 11.3 Å². The van der Waals surface area contributed by atoms with Crippen LogP contribution in [-0.4, -0.2) is 16.5 Å². The summed E-state index contributed by atoms with van der Waals surface area (Å²) in [6.07, 6.45) is 2.32. The third kappa shape index (κ3) is 3.49. The Morgan fingerprint density at radius 2 is 1.91 bits per heavy atom. The van der Waals surface area contributed by atoms with Crippen molar-refractivity contribution in [1.29, 1.82) is 0 Å². The van der Waals surface area contributed by atoms with Gasteiger partial charge in [0.25, 0.3) is 0 Å². The minimum absolute atomic E-state index is 0.493. The van der Waals surface area contributed by atoms with E-state index >= 15 is 0 Å². The molecule has 3 aromatic rings. The molecule has 0 aliphatic heterocycles. The summed E-state index contributed by atoms with van der Waals surface area (Å²) in [5, 5.41) is 3.06. The van der Waals surface area contributed by atoms with Gasteiger partial charge in [0.2, 0.25) is 11.8 Å². The largest absolute Gasteiger partial charge is 0.444 e. The molecule has 1 N–H and O–H groups in total. The summed E-state index contributed by atoms with van der Waals surface area (Å²) in [5.74, 6) is 0.634. The van der Waals surface area contributed by atoms with E-state index in [0.29, 0.717) is 24.7 Å². The number of nitrogens with one attached hydrogen (secondary N) is 1. The van der Waals surface area contributed by atoms with Gasteiger partial charge in [-0.2, -0.15) is 4.39 Å². The van der Waals surface area contributed by atoms with E-state index in [4.69, 9.17) is 4.42 Å². The molecule has 0 atom stereocenters. The Morgan fingerprint density at radius 1 is 1.09 bits per heavy atom. The van der Waals surface area contributed by atoms with Gasteiger partial charge in [-0.1, -0.05) is 23.8 Å². The number of rotatable bonds is 5. The first-order valence-corrected chi connectivity index (χ1v) is 7.08. The maximum Gasteiger partial charge on any atom is 0.226 e. The van der Waals surface area contributed by atoms with Gasteiger partial charge >= 0.3 is 0 Å². The number of halogens is 1. The van der Waals surface area contributed by atoms with E-state index in [1.807, 2.05) is 31.2 Å². The van der Waals surface area contributed by atoms with Crippen molar-refractivity contribution in [3.05, 3.63) is 65.9 Å². The number of nitrogens with zero attached hydrogens (tertiary/aromatic N) is 2. The number of aryl methyl sites for hydroxylation is 1. The number of aromatic nitrogens is 2. The summed E-state index contributed by atoms with van der Waals surface area (Å²) in [5.41, 5.74) is 3.00. The Balaban J connectivity index is 1.59. The van der Waals surface area contributed by atoms with Gasteiger partial charge in [-0.25, -0.2) is 9.97 Å². The molecule has 5 heteroatoms. The smallest absolute Gasteiger partial charge is 0.226 e. The molecule has 0 aliphatic carbocycles. The molecule has 22 heavy (non-hydrogen) atoms. The molecule has 2 aromatic heterocycles. The lowest BCUT2D eigenvalue weighted by Gasteiger charge is -2.03. The first-order chi connectivity index (χ1) is 10.7. The number of oxazole rings is 1. The lowest BCUT2D eigenvalue weighted by molar-refractivity contribution is 0.572. The minimum Gasteiger partial charge on any atom is -0.444 e. The second-order valence-electron chi connectivity index (χ2n) is 5.03. The Kier molecular flexibility index (Phi) is 4.14. The summed E-state index contributed by atoms with van der Waals surface area (Å²) >= 11 is 0. The summed E-state index contributed by atoms with van der Waals surface area (Å²) < 4.78 is 18.5. The molecule has 3 rings (SSSR count). The van der Waals surface area contributed by atoms with Gasteiger partial charge < -0.3 is 9.73 Å². The van der Waals surface area contributed by atoms with Crippen molar-refractivity contribution >= 4 is 5.82 Å². The number of anilines is 1. The highest BCUT2D eigenvalue weighted by Gasteiger charge is 2.06. The highest BCUT2D eigenvalue weighted by Crippen LogP contribution is 2.19. The molecule has 0 amide bonds. The second-order valence-corrected chi connectivity index (χ2v) is 5.03. The first-order valence-electron chi connectivity index (χ1n) is 7.08. The van der Waals surface area contributed by atoms with E-state index in [1.165, 1.54) is 11.6 Å². The fourth-order valence-corrected chi connectivity index (χ4v) is 2.08. The topological polar surface area (TPSA) is 51.0 Å². The molecule has 4 nitrogen and oxygen atoms in total. The van der Waals surface area contributed by atoms with Crippen molar-refractivity contribution < 1.29 is 8.81 Å². The number of pyridine rings is 1. The predicted molar refractivity (Wildman–Crippen MR) is 83.1 cm³/mol. The van der Waals surface area contributed by atoms with E-state index in [1.54, 1.807) is 18.4 Å². The van der Waals surface area contributed by atoms with Gasteiger partial charge in [-0.15, -0.1) is 0 Å². The van der Waals surface area contributed by atoms with Crippen LogP contribution in [0, 0.1) is 12.9 Å². The molecule has 0 fully saturated rings. The fraction of sp³-hybridized carbons (Fsp3) is 0.176. The zero-order valence-corrected chi connectivity index (χ0v) is 12.2. The third-order valence-electron chi connectivity index (χ3n) is 3.25. The van der Waals surface area contributed by atoms with Gasteiger partial charge in [0.1, 0.15) is 12.1 Å². The van der Waals surface area contributed by atoms with Crippen LogP contribution in [-0.2, 0) is 6.42 Å². The highest BCUT2D eigenvalue weighted by atomic mass is 19.1. The van der Waals surface area contributed by atoms with Crippen LogP contribution in [0.3, 0.4) is 0 Å². The van der Waals surface area contributed by atoms with Crippen molar-refractivity contribution in [2.24, 2.45) is 0 Å². The van der Waals surface area contributed by atoms with Crippen molar-refractivity contribution in [2.75, 3.05) is 11.9 Å². The zero-order chi connectivity index (χ0) is 15.4. The molecule has 2 heterocycles. The van der Waals surface area contributed by atoms with Crippen LogP contribution in [0.4, 0.5) is 10.2 Å². The van der Waals surface area contributed by atoms with Crippen LogP contribution in [0.5, 0.6) is 0 Å². The molecule has 112 valence electrons. The molecule has 0 spiro atoms. The van der Waals surface area contributed by atoms with Crippen LogP contribution in [0.25, 0.3) is 11.5 Å². The van der Waals surface area contributed by atoms with Gasteiger partial charge in [-0.05, 0) is 31.2 Å². The van der Waals surface area contributed by atoms with Crippen LogP contribution < -0.4 is 5.32 Å². The molecule has 0 radical (unpaired) electrons. The lowest BCUT2D eigenvalue weighted by atomic mass is 10.1. The fourth-order valence-electron chi connectivity index (χ4n) is 2.08. The van der Waals surface area contributed by atoms with Gasteiger partial charge in [-0.3, -0.25) is 0 Å². The predicted octanol–water partition coefficient (Wildman–Crippen LogP) is 3.84. The van der Waals surface area contributed by atoms with E-state index in [-0.39, 0.29) is 0 Å². The molecule has 0 saturated heterocycles. The normalized spacial score (nSPS) is 10.6. The Bertz CT molecular complexity index is 753. The summed E-state index contributed by atoms with van der Waals surface area (Å²) in [6.45, 7) is 2.65. The van der Waals surface area contributed by atoms with Gasteiger partial charge in [0.05, 0.1) is 5.69 Å². The van der Waals surface area contributed by atoms with Crippen LogP contribution in [0.1, 0.15) is 11.3 Å². The number of hydrogen-bond donors (Lipinski definition) is 1. The van der Waals surface area contributed by atoms with Crippen LogP contribution in [0.2, 0.25) is 0 Å². The third-order valence-corrected chi connectivity index (χ3v) is 3.25. The zero-order valence-electron chi connectivity index (χ0n) is 12.2. The lowest BCUT2D eigenvalue weighted by Crippen LogP contribution is -2.06. The second kappa shape index (κ2) is 6.39. The Morgan fingerprint density at radius 3 is 2.68 bits per heavy atom. The van der Waals surface area contributed by atoms with E-state index < -0.39 is 5.95 Å². The van der Waals surface area contributed by atoms with E-state index in [2.05, 4.69) is 15.3 Å². The highest BCUT2D eigenvalue weighted by molar-refractivity contribution is 5.53. The average Bonchev–Trinajstić information content (AvgIpc) is 2.97. The summed E-state index contributed by atoms with van der Waals surface area (Å²) in [4.78, 5) is 8.20. The number of hydrogen-bond acceptors (Lipinski definition) is 4. The minimum atomic E-state index is -0.493. The average molecular weight is 297 g/mol. The maximum absolute atomic E-state index is 13.0. The van der Waals surface area contributed by atoms with Crippen molar-refractivity contribution in [1.82, 2.24) is 9.97 Å². The quantitative estimate of drug-likeness (QED) is 0.727. The first kappa shape index (κ1) is 14.3. The van der Waals surface area contributed by atoms with Crippen molar-refractivity contribution in [2.45, 2.75) is 13.3 Å². The summed E-state index contributed by atoms with van der Waals surface area (Å²) in [7, 11) is 0. The molecular weight excluding hydrogens is 281 g/mol. The molecule has 1 aromatic carbocycles. The summed E-state index contributed by atoms with van der Waals surface area (Å²) in [6, 6.07) is 12.7. The standard InChI is InChI=1S/C17H16FN3O/c1-12-5-7-13(8-6-12)17-20-14(11-22-17)9-10-19-16-4-2-3-15(18)21-16/h2-8,11H,9-10H2,1H3,(H,19,21). The molecular formula is C17H16FN3O. The SMILES string of the molecule is Cc1ccc(-c2nc(CCNc3cccc(F)n3)co2)cc1.